The first-order chi connectivity index (χ1) is 10.2. The Morgan fingerprint density at radius 1 is 1.43 bits per heavy atom. The molecular formula is C16H19N3O2. The molecule has 2 aromatic rings. The number of benzene rings is 1. The zero-order chi connectivity index (χ0) is 14.8. The van der Waals surface area contributed by atoms with E-state index >= 15 is 0 Å². The molecule has 1 aromatic heterocycles. The Labute approximate surface area is 123 Å². The van der Waals surface area contributed by atoms with Gasteiger partial charge < -0.3 is 9.78 Å². The van der Waals surface area contributed by atoms with Crippen LogP contribution in [0.15, 0.2) is 23.0 Å². The number of likely N-dealkylation sites (tertiary alicyclic amines) is 1. The molecule has 1 atom stereocenters. The van der Waals surface area contributed by atoms with Gasteiger partial charge in [-0.2, -0.15) is 0 Å². The van der Waals surface area contributed by atoms with E-state index in [-0.39, 0.29) is 11.6 Å². The van der Waals surface area contributed by atoms with Crippen LogP contribution in [-0.2, 0) is 11.3 Å². The monoisotopic (exact) mass is 285 g/mol. The van der Waals surface area contributed by atoms with Crippen LogP contribution in [0.4, 0.5) is 0 Å². The summed E-state index contributed by atoms with van der Waals surface area (Å²) in [5, 5.41) is 0.615. The zero-order valence-electron chi connectivity index (χ0n) is 12.1. The van der Waals surface area contributed by atoms with Crippen molar-refractivity contribution in [2.45, 2.75) is 38.8 Å². The summed E-state index contributed by atoms with van der Waals surface area (Å²) >= 11 is 0. The molecule has 1 aromatic carbocycles. The van der Waals surface area contributed by atoms with Crippen LogP contribution in [-0.4, -0.2) is 33.7 Å². The van der Waals surface area contributed by atoms with Gasteiger partial charge in [0.05, 0.1) is 23.5 Å². The minimum absolute atomic E-state index is 0.0587. The van der Waals surface area contributed by atoms with Crippen molar-refractivity contribution >= 4 is 17.2 Å². The summed E-state index contributed by atoms with van der Waals surface area (Å²) in [6, 6.07) is 5.54. The molecule has 1 aliphatic heterocycles. The molecule has 0 amide bonds. The van der Waals surface area contributed by atoms with Gasteiger partial charge in [-0.05, 0) is 37.9 Å². The fourth-order valence-corrected chi connectivity index (χ4v) is 2.99. The van der Waals surface area contributed by atoms with Gasteiger partial charge in [-0.15, -0.1) is 0 Å². The quantitative estimate of drug-likeness (QED) is 0.873. The number of carbonyl (C=O) groups is 1. The van der Waals surface area contributed by atoms with Crippen LogP contribution in [0.25, 0.3) is 10.9 Å². The van der Waals surface area contributed by atoms with E-state index in [0.717, 1.165) is 43.2 Å². The highest BCUT2D eigenvalue weighted by Crippen LogP contribution is 2.18. The predicted molar refractivity (Wildman–Crippen MR) is 81.2 cm³/mol. The maximum Gasteiger partial charge on any atom is 0.258 e. The van der Waals surface area contributed by atoms with E-state index in [1.165, 1.54) is 0 Å². The number of hydrogen-bond acceptors (Lipinski definition) is 4. The second kappa shape index (κ2) is 5.77. The van der Waals surface area contributed by atoms with E-state index in [1.807, 2.05) is 19.1 Å². The SMILES string of the molecule is Cc1cccc2c(=O)[nH]c(CN3CCCCC3C=O)nc12. The van der Waals surface area contributed by atoms with E-state index in [1.54, 1.807) is 6.07 Å². The molecule has 3 rings (SSSR count). The molecule has 1 fully saturated rings. The van der Waals surface area contributed by atoms with Crippen LogP contribution in [0.2, 0.25) is 0 Å². The Kier molecular flexibility index (Phi) is 3.84. The van der Waals surface area contributed by atoms with Crippen molar-refractivity contribution in [2.75, 3.05) is 6.54 Å². The summed E-state index contributed by atoms with van der Waals surface area (Å²) in [6.07, 6.45) is 4.06. The average molecular weight is 285 g/mol. The maximum absolute atomic E-state index is 12.2. The average Bonchev–Trinajstić information content (AvgIpc) is 2.49. The van der Waals surface area contributed by atoms with E-state index in [0.29, 0.717) is 17.8 Å². The lowest BCUT2D eigenvalue weighted by atomic mass is 10.0. The largest absolute Gasteiger partial charge is 0.309 e. The molecule has 1 N–H and O–H groups in total. The minimum atomic E-state index is -0.113. The summed E-state index contributed by atoms with van der Waals surface area (Å²) in [5.74, 6) is 0.635. The molecule has 2 heterocycles. The van der Waals surface area contributed by atoms with Crippen molar-refractivity contribution in [3.05, 3.63) is 39.9 Å². The molecule has 1 aliphatic rings. The Balaban J connectivity index is 1.95. The molecule has 21 heavy (non-hydrogen) atoms. The van der Waals surface area contributed by atoms with Gasteiger partial charge >= 0.3 is 0 Å². The van der Waals surface area contributed by atoms with E-state index in [2.05, 4.69) is 14.9 Å². The lowest BCUT2D eigenvalue weighted by Gasteiger charge is -2.31. The van der Waals surface area contributed by atoms with Crippen LogP contribution in [0.5, 0.6) is 0 Å². The van der Waals surface area contributed by atoms with Crippen molar-refractivity contribution in [3.8, 4) is 0 Å². The van der Waals surface area contributed by atoms with Gasteiger partial charge in [-0.3, -0.25) is 9.69 Å². The minimum Gasteiger partial charge on any atom is -0.309 e. The normalized spacial score (nSPS) is 19.8. The highest BCUT2D eigenvalue weighted by Gasteiger charge is 2.22. The van der Waals surface area contributed by atoms with Gasteiger partial charge in [0.25, 0.3) is 5.56 Å². The number of aromatic amines is 1. The van der Waals surface area contributed by atoms with Gasteiger partial charge in [-0.25, -0.2) is 4.98 Å². The molecule has 0 saturated carbocycles. The number of nitrogens with one attached hydrogen (secondary N) is 1. The number of fused-ring (bicyclic) bond motifs is 1. The van der Waals surface area contributed by atoms with Crippen molar-refractivity contribution in [1.82, 2.24) is 14.9 Å². The Bertz CT molecular complexity index is 723. The van der Waals surface area contributed by atoms with Crippen LogP contribution in [0.3, 0.4) is 0 Å². The number of aldehydes is 1. The molecule has 5 heteroatoms. The van der Waals surface area contributed by atoms with Gasteiger partial charge in [0.1, 0.15) is 12.1 Å². The smallest absolute Gasteiger partial charge is 0.258 e. The fourth-order valence-electron chi connectivity index (χ4n) is 2.99. The van der Waals surface area contributed by atoms with Gasteiger partial charge in [0.2, 0.25) is 0 Å². The van der Waals surface area contributed by atoms with Crippen molar-refractivity contribution in [2.24, 2.45) is 0 Å². The van der Waals surface area contributed by atoms with Crippen LogP contribution < -0.4 is 5.56 Å². The zero-order valence-corrected chi connectivity index (χ0v) is 12.1. The molecule has 0 bridgehead atoms. The first-order valence-electron chi connectivity index (χ1n) is 7.37. The number of carbonyl (C=O) groups excluding carboxylic acids is 1. The third-order valence-corrected chi connectivity index (χ3v) is 4.16. The van der Waals surface area contributed by atoms with Crippen LogP contribution >= 0.6 is 0 Å². The highest BCUT2D eigenvalue weighted by atomic mass is 16.1. The third kappa shape index (κ3) is 2.74. The number of nitrogens with zero attached hydrogens (tertiary/aromatic N) is 2. The number of aryl methyl sites for hydroxylation is 1. The predicted octanol–water partition coefficient (Wildman–Crippen LogP) is 1.78. The first-order valence-corrected chi connectivity index (χ1v) is 7.37. The summed E-state index contributed by atoms with van der Waals surface area (Å²) < 4.78 is 0. The molecule has 0 spiro atoms. The molecule has 0 aliphatic carbocycles. The number of para-hydroxylation sites is 1. The Morgan fingerprint density at radius 2 is 2.29 bits per heavy atom. The van der Waals surface area contributed by atoms with Crippen LogP contribution in [0.1, 0.15) is 30.7 Å². The van der Waals surface area contributed by atoms with E-state index < -0.39 is 0 Å². The molecule has 110 valence electrons. The summed E-state index contributed by atoms with van der Waals surface area (Å²) in [4.78, 5) is 32.8. The van der Waals surface area contributed by atoms with Gasteiger partial charge in [-0.1, -0.05) is 18.6 Å². The Hall–Kier alpha value is -2.01. The summed E-state index contributed by atoms with van der Waals surface area (Å²) in [5.41, 5.74) is 1.62. The second-order valence-electron chi connectivity index (χ2n) is 5.65. The van der Waals surface area contributed by atoms with E-state index in [9.17, 15) is 9.59 Å². The third-order valence-electron chi connectivity index (χ3n) is 4.16. The van der Waals surface area contributed by atoms with Gasteiger partial charge in [0, 0.05) is 0 Å². The second-order valence-corrected chi connectivity index (χ2v) is 5.65. The number of hydrogen-bond donors (Lipinski definition) is 1. The summed E-state index contributed by atoms with van der Waals surface area (Å²) in [6.45, 7) is 3.34. The molecular weight excluding hydrogens is 266 g/mol. The van der Waals surface area contributed by atoms with Gasteiger partial charge in [0.15, 0.2) is 0 Å². The van der Waals surface area contributed by atoms with Crippen molar-refractivity contribution in [3.63, 3.8) is 0 Å². The first kappa shape index (κ1) is 13.9. The molecule has 1 unspecified atom stereocenters. The number of aromatic nitrogens is 2. The summed E-state index contributed by atoms with van der Waals surface area (Å²) in [7, 11) is 0. The number of piperidine rings is 1. The lowest BCUT2D eigenvalue weighted by Crippen LogP contribution is -2.40. The fraction of sp³-hybridized carbons (Fsp3) is 0.438. The maximum atomic E-state index is 12.2. The highest BCUT2D eigenvalue weighted by molar-refractivity contribution is 5.80. The standard InChI is InChI=1S/C16H19N3O2/c1-11-5-4-7-13-15(11)17-14(18-16(13)21)9-19-8-3-2-6-12(19)10-20/h4-5,7,10,12H,2-3,6,8-9H2,1H3,(H,17,18,21). The topological polar surface area (TPSA) is 66.1 Å². The van der Waals surface area contributed by atoms with Crippen molar-refractivity contribution in [1.29, 1.82) is 0 Å². The molecule has 0 radical (unpaired) electrons. The van der Waals surface area contributed by atoms with E-state index in [4.69, 9.17) is 0 Å². The molecule has 1 saturated heterocycles. The number of H-pyrrole nitrogens is 1. The Morgan fingerprint density at radius 3 is 3.10 bits per heavy atom. The van der Waals surface area contributed by atoms with Crippen LogP contribution in [0, 0.1) is 6.92 Å². The lowest BCUT2D eigenvalue weighted by molar-refractivity contribution is -0.113. The van der Waals surface area contributed by atoms with Crippen molar-refractivity contribution < 1.29 is 4.79 Å². The number of rotatable bonds is 3. The molecule has 5 nitrogen and oxygen atoms in total.